The third-order valence-corrected chi connectivity index (χ3v) is 4.70. The van der Waals surface area contributed by atoms with Crippen LogP contribution in [0.1, 0.15) is 47.0 Å². The van der Waals surface area contributed by atoms with Crippen LogP contribution in [-0.4, -0.2) is 60.1 Å². The van der Waals surface area contributed by atoms with Crippen LogP contribution in [0.5, 0.6) is 0 Å². The smallest absolute Gasteiger partial charge is 0.336 e. The Hall–Kier alpha value is -1.12. The Kier molecular flexibility index (Phi) is 7.04. The zero-order chi connectivity index (χ0) is 17.8. The van der Waals surface area contributed by atoms with E-state index in [1.165, 1.54) is 6.92 Å². The first-order valence-electron chi connectivity index (χ1n) is 7.94. The van der Waals surface area contributed by atoms with Gasteiger partial charge >= 0.3 is 5.97 Å². The summed E-state index contributed by atoms with van der Waals surface area (Å²) in [5, 5.41) is 22.5. The Labute approximate surface area is 138 Å². The van der Waals surface area contributed by atoms with Gasteiger partial charge in [0.2, 0.25) is 5.91 Å². The van der Waals surface area contributed by atoms with Crippen LogP contribution in [0.25, 0.3) is 0 Å². The van der Waals surface area contributed by atoms with Gasteiger partial charge < -0.3 is 24.9 Å². The maximum absolute atomic E-state index is 11.7. The maximum atomic E-state index is 11.7. The molecule has 0 aromatic rings. The lowest BCUT2D eigenvalue weighted by molar-refractivity contribution is -0.215. The number of carbonyl (C=O) groups is 2. The summed E-state index contributed by atoms with van der Waals surface area (Å²) in [5.74, 6) is -1.81. The molecule has 23 heavy (non-hydrogen) atoms. The second kappa shape index (κ2) is 8.12. The number of ether oxygens (including phenoxy) is 1. The van der Waals surface area contributed by atoms with Crippen molar-refractivity contribution in [2.75, 3.05) is 0 Å². The monoisotopic (exact) mass is 327 g/mol. The van der Waals surface area contributed by atoms with Crippen molar-refractivity contribution in [3.8, 4) is 0 Å². The number of aliphatic hydroxyl groups is 1. The van der Waals surface area contributed by atoms with Gasteiger partial charge in [0.1, 0.15) is 0 Å². The third-order valence-electron chi connectivity index (χ3n) is 4.70. The highest BCUT2D eigenvalue weighted by atomic mass is 16.5. The Morgan fingerprint density at radius 1 is 1.48 bits per heavy atom. The summed E-state index contributed by atoms with van der Waals surface area (Å²) < 4.78 is 10.9. The number of hydrogen-bond acceptors (Lipinski definition) is 5. The van der Waals surface area contributed by atoms with E-state index in [4.69, 9.17) is 17.4 Å². The zero-order valence-corrected chi connectivity index (χ0v) is 14.1. The Balaban J connectivity index is 3.22. The fourth-order valence-corrected chi connectivity index (χ4v) is 3.13. The molecule has 8 heteroatoms. The Bertz CT molecular complexity index is 434. The number of amides is 1. The molecule has 6 unspecified atom stereocenters. The topological polar surface area (TPSA) is 105 Å². The van der Waals surface area contributed by atoms with Gasteiger partial charge in [0.05, 0.1) is 24.4 Å². The number of aliphatic carboxylic acids is 1. The summed E-state index contributed by atoms with van der Waals surface area (Å²) in [4.78, 5) is 23.2. The second-order valence-electron chi connectivity index (χ2n) is 6.18. The quantitative estimate of drug-likeness (QED) is 0.584. The Morgan fingerprint density at radius 2 is 2.09 bits per heavy atom. The number of rotatable bonds is 7. The van der Waals surface area contributed by atoms with Crippen molar-refractivity contribution in [1.29, 1.82) is 0 Å². The van der Waals surface area contributed by atoms with Gasteiger partial charge in [-0.15, -0.1) is 0 Å². The largest absolute Gasteiger partial charge is 0.479 e. The fourth-order valence-electron chi connectivity index (χ4n) is 3.13. The average Bonchev–Trinajstić information content (AvgIpc) is 2.52. The van der Waals surface area contributed by atoms with Crippen LogP contribution in [0.2, 0.25) is 0 Å². The predicted octanol–water partition coefficient (Wildman–Crippen LogP) is 0.389. The lowest BCUT2D eigenvalue weighted by Crippen LogP contribution is -2.65. The SMILES string of the molecule is [B]OC1CC(CC)(C(=O)O)OC(C(C)C(O)CC)C1NC(C)=O. The molecule has 7 nitrogen and oxygen atoms in total. The first-order valence-corrected chi connectivity index (χ1v) is 7.94. The summed E-state index contributed by atoms with van der Waals surface area (Å²) in [6.45, 7) is 6.64. The van der Waals surface area contributed by atoms with Gasteiger partial charge in [0.15, 0.2) is 5.60 Å². The lowest BCUT2D eigenvalue weighted by Gasteiger charge is -2.49. The summed E-state index contributed by atoms with van der Waals surface area (Å²) in [7, 11) is 5.35. The van der Waals surface area contributed by atoms with Crippen molar-refractivity contribution in [2.24, 2.45) is 5.92 Å². The highest BCUT2D eigenvalue weighted by molar-refractivity contribution is 5.98. The second-order valence-corrected chi connectivity index (χ2v) is 6.18. The van der Waals surface area contributed by atoms with E-state index in [-0.39, 0.29) is 18.7 Å². The van der Waals surface area contributed by atoms with E-state index in [1.807, 2.05) is 6.92 Å². The number of carboxylic acid groups (broad SMARTS) is 1. The lowest BCUT2D eigenvalue weighted by atomic mass is 9.79. The minimum absolute atomic E-state index is 0.0196. The molecular weight excluding hydrogens is 301 g/mol. The molecule has 1 rings (SSSR count). The standard InChI is InChI=1S/C15H26BNO6/c1-5-10(19)8(3)13-12(17-9(4)18)11(23-16)7-15(6-2,22-13)14(20)21/h8,10-13,19H,5-7H2,1-4H3,(H,17,18)(H,20,21). The number of hydrogen-bond donors (Lipinski definition) is 3. The van der Waals surface area contributed by atoms with E-state index in [0.29, 0.717) is 6.42 Å². The molecule has 0 bridgehead atoms. The van der Waals surface area contributed by atoms with Crippen LogP contribution in [0.15, 0.2) is 0 Å². The van der Waals surface area contributed by atoms with E-state index in [0.717, 1.165) is 0 Å². The normalized spacial score (nSPS) is 33.7. The molecule has 1 aliphatic rings. The minimum Gasteiger partial charge on any atom is -0.479 e. The molecule has 1 heterocycles. The van der Waals surface area contributed by atoms with E-state index >= 15 is 0 Å². The first kappa shape index (κ1) is 19.9. The molecule has 0 aromatic heterocycles. The molecule has 0 aliphatic carbocycles. The number of nitrogens with one attached hydrogen (secondary N) is 1. The molecule has 1 aliphatic heterocycles. The van der Waals surface area contributed by atoms with Crippen molar-refractivity contribution in [2.45, 2.75) is 76.9 Å². The van der Waals surface area contributed by atoms with Gasteiger partial charge in [-0.2, -0.15) is 0 Å². The molecule has 2 radical (unpaired) electrons. The third kappa shape index (κ3) is 4.25. The van der Waals surface area contributed by atoms with Crippen molar-refractivity contribution in [3.05, 3.63) is 0 Å². The summed E-state index contributed by atoms with van der Waals surface area (Å²) in [5.41, 5.74) is -1.45. The van der Waals surface area contributed by atoms with Crippen molar-refractivity contribution < 1.29 is 29.2 Å². The van der Waals surface area contributed by atoms with E-state index in [1.54, 1.807) is 13.8 Å². The first-order chi connectivity index (χ1) is 10.7. The van der Waals surface area contributed by atoms with Gasteiger partial charge in [-0.3, -0.25) is 4.79 Å². The van der Waals surface area contributed by atoms with E-state index in [9.17, 15) is 19.8 Å². The molecule has 0 aromatic carbocycles. The molecule has 0 spiro atoms. The van der Waals surface area contributed by atoms with Crippen molar-refractivity contribution in [3.63, 3.8) is 0 Å². The van der Waals surface area contributed by atoms with Gasteiger partial charge in [-0.05, 0) is 12.8 Å². The molecule has 6 atom stereocenters. The van der Waals surface area contributed by atoms with Crippen LogP contribution >= 0.6 is 0 Å². The molecule has 0 saturated carbocycles. The van der Waals surface area contributed by atoms with Crippen LogP contribution in [-0.2, 0) is 19.0 Å². The fraction of sp³-hybridized carbons (Fsp3) is 0.867. The van der Waals surface area contributed by atoms with E-state index < -0.39 is 41.8 Å². The van der Waals surface area contributed by atoms with Gasteiger partial charge in [0, 0.05) is 19.3 Å². The minimum atomic E-state index is -1.45. The highest BCUT2D eigenvalue weighted by Gasteiger charge is 2.53. The van der Waals surface area contributed by atoms with Crippen molar-refractivity contribution >= 4 is 19.9 Å². The average molecular weight is 327 g/mol. The predicted molar refractivity (Wildman–Crippen MR) is 83.8 cm³/mol. The summed E-state index contributed by atoms with van der Waals surface area (Å²) >= 11 is 0. The van der Waals surface area contributed by atoms with Gasteiger partial charge in [-0.1, -0.05) is 20.8 Å². The summed E-state index contributed by atoms with van der Waals surface area (Å²) in [6, 6.07) is -0.632. The zero-order valence-electron chi connectivity index (χ0n) is 14.1. The number of carboxylic acids is 1. The molecule has 1 fully saturated rings. The maximum Gasteiger partial charge on any atom is 0.336 e. The number of carbonyl (C=O) groups excluding carboxylic acids is 1. The molecular formula is C15H26BNO6. The van der Waals surface area contributed by atoms with Gasteiger partial charge in [-0.25, -0.2) is 4.79 Å². The van der Waals surface area contributed by atoms with Crippen LogP contribution < -0.4 is 5.32 Å². The van der Waals surface area contributed by atoms with Crippen LogP contribution in [0.3, 0.4) is 0 Å². The number of aliphatic hydroxyl groups excluding tert-OH is 1. The molecule has 1 saturated heterocycles. The Morgan fingerprint density at radius 3 is 2.48 bits per heavy atom. The van der Waals surface area contributed by atoms with E-state index in [2.05, 4.69) is 5.32 Å². The molecule has 1 amide bonds. The molecule has 130 valence electrons. The van der Waals surface area contributed by atoms with Gasteiger partial charge in [0.25, 0.3) is 8.05 Å². The summed E-state index contributed by atoms with van der Waals surface area (Å²) in [6.07, 6.45) is -1.43. The molecule has 3 N–H and O–H groups in total. The van der Waals surface area contributed by atoms with Crippen LogP contribution in [0.4, 0.5) is 0 Å². The van der Waals surface area contributed by atoms with Crippen molar-refractivity contribution in [1.82, 2.24) is 5.32 Å². The highest BCUT2D eigenvalue weighted by Crippen LogP contribution is 2.37. The van der Waals surface area contributed by atoms with Crippen LogP contribution in [0, 0.1) is 5.92 Å².